The Bertz CT molecular complexity index is 1630. The summed E-state index contributed by atoms with van der Waals surface area (Å²) < 4.78 is 5.88. The first-order valence-corrected chi connectivity index (χ1v) is 16.6. The molecule has 1 heterocycles. The number of carboxylic acid groups (broad SMARTS) is 1. The fourth-order valence-electron chi connectivity index (χ4n) is 5.15. The number of rotatable bonds is 16. The number of hydrogen-bond acceptors (Lipinski definition) is 6. The number of hydrogen-bond donors (Lipinski definition) is 3. The summed E-state index contributed by atoms with van der Waals surface area (Å²) in [7, 11) is 0. The normalized spacial score (nSPS) is 11.8. The molecule has 9 nitrogen and oxygen atoms in total. The van der Waals surface area contributed by atoms with Gasteiger partial charge in [0.1, 0.15) is 18.3 Å². The molecule has 3 aromatic carbocycles. The van der Waals surface area contributed by atoms with Crippen LogP contribution in [0.4, 0.5) is 0 Å². The highest BCUT2D eigenvalue weighted by Crippen LogP contribution is 2.24. The number of unbranched alkanes of at least 4 members (excludes halogenated alkanes) is 4. The topological polar surface area (TPSA) is 131 Å². The second-order valence-electron chi connectivity index (χ2n) is 12.9. The molecule has 1 aromatic heterocycles. The summed E-state index contributed by atoms with van der Waals surface area (Å²) in [6, 6.07) is 21.6. The third kappa shape index (κ3) is 10.8. The van der Waals surface area contributed by atoms with Gasteiger partial charge in [0.2, 0.25) is 5.91 Å². The highest BCUT2D eigenvalue weighted by Gasteiger charge is 2.23. The molecule has 2 amide bonds. The Hall–Kier alpha value is -5.05. The number of carbonyl (C=O) groups excluding carboxylic acids is 2. The van der Waals surface area contributed by atoms with Crippen LogP contribution in [0, 0.1) is 0 Å². The van der Waals surface area contributed by atoms with E-state index in [-0.39, 0.29) is 11.8 Å². The Balaban J connectivity index is 1.38. The van der Waals surface area contributed by atoms with E-state index in [4.69, 9.17) is 9.84 Å². The van der Waals surface area contributed by atoms with E-state index in [9.17, 15) is 14.4 Å². The van der Waals surface area contributed by atoms with Crippen LogP contribution in [-0.4, -0.2) is 52.1 Å². The van der Waals surface area contributed by atoms with Gasteiger partial charge in [0.25, 0.3) is 5.91 Å². The van der Waals surface area contributed by atoms with E-state index >= 15 is 0 Å². The van der Waals surface area contributed by atoms with Crippen molar-refractivity contribution in [3.05, 3.63) is 102 Å². The van der Waals surface area contributed by atoms with E-state index in [1.165, 1.54) is 25.7 Å². The quantitative estimate of drug-likeness (QED) is 0.111. The lowest BCUT2D eigenvalue weighted by Crippen LogP contribution is -2.49. The zero-order valence-electron chi connectivity index (χ0n) is 28.3. The number of ether oxygens (including phenoxy) is 1. The molecule has 0 bridgehead atoms. The second kappa shape index (κ2) is 17.2. The van der Waals surface area contributed by atoms with Crippen molar-refractivity contribution in [2.75, 3.05) is 13.2 Å². The summed E-state index contributed by atoms with van der Waals surface area (Å²) in [6.45, 7) is 8.65. The molecule has 0 aliphatic rings. The van der Waals surface area contributed by atoms with Crippen LogP contribution >= 0.6 is 0 Å². The van der Waals surface area contributed by atoms with Gasteiger partial charge in [-0.1, -0.05) is 102 Å². The highest BCUT2D eigenvalue weighted by molar-refractivity contribution is 5.98. The first kappa shape index (κ1) is 35.8. The van der Waals surface area contributed by atoms with Crippen LogP contribution < -0.4 is 15.4 Å². The van der Waals surface area contributed by atoms with E-state index in [1.807, 2.05) is 60.7 Å². The lowest BCUT2D eigenvalue weighted by molar-refractivity contribution is -0.138. The Morgan fingerprint density at radius 1 is 0.792 bits per heavy atom. The van der Waals surface area contributed by atoms with Gasteiger partial charge in [-0.25, -0.2) is 9.97 Å². The van der Waals surface area contributed by atoms with Gasteiger partial charge in [-0.3, -0.25) is 14.4 Å². The van der Waals surface area contributed by atoms with Crippen molar-refractivity contribution in [3.8, 4) is 28.3 Å². The molecule has 0 fully saturated rings. The summed E-state index contributed by atoms with van der Waals surface area (Å²) in [5, 5.41) is 14.2. The molecule has 0 spiro atoms. The van der Waals surface area contributed by atoms with Crippen LogP contribution in [0.1, 0.15) is 81.3 Å². The fourth-order valence-corrected chi connectivity index (χ4v) is 5.15. The van der Waals surface area contributed by atoms with Crippen molar-refractivity contribution in [2.45, 2.75) is 77.7 Å². The summed E-state index contributed by atoms with van der Waals surface area (Å²) in [4.78, 5) is 46.2. The number of amides is 2. The standard InChI is InChI=1S/C39H46N4O5/c1-5-6-7-8-9-22-48-33-20-16-28(17-21-33)31-24-40-36(41-25-31)29-12-10-27(11-13-29)23-34(38(47)42-26-35(44)45)43-37(46)30-14-18-32(19-15-30)39(2,3)4/h10-21,24-25,34H,5-9,22-23,26H2,1-4H3,(H,42,47)(H,43,46)(H,44,45). The summed E-state index contributed by atoms with van der Waals surface area (Å²) >= 11 is 0. The fraction of sp³-hybridized carbons (Fsp3) is 0.359. The summed E-state index contributed by atoms with van der Waals surface area (Å²) in [5.74, 6) is -0.770. The monoisotopic (exact) mass is 650 g/mol. The molecule has 4 aromatic rings. The SMILES string of the molecule is CCCCCCCOc1ccc(-c2cnc(-c3ccc(CC(NC(=O)c4ccc(C(C)(C)C)cc4)C(=O)NCC(=O)O)cc3)nc2)cc1. The summed E-state index contributed by atoms with van der Waals surface area (Å²) in [6.07, 6.45) is 9.74. The van der Waals surface area contributed by atoms with Gasteiger partial charge in [-0.05, 0) is 52.8 Å². The zero-order chi connectivity index (χ0) is 34.5. The van der Waals surface area contributed by atoms with Gasteiger partial charge in [-0.2, -0.15) is 0 Å². The molecule has 0 saturated heterocycles. The minimum Gasteiger partial charge on any atom is -0.494 e. The maximum atomic E-state index is 13.1. The predicted molar refractivity (Wildman–Crippen MR) is 188 cm³/mol. The molecular formula is C39H46N4O5. The van der Waals surface area contributed by atoms with E-state index in [1.54, 1.807) is 24.5 Å². The first-order valence-electron chi connectivity index (χ1n) is 16.6. The third-order valence-electron chi connectivity index (χ3n) is 8.06. The van der Waals surface area contributed by atoms with Crippen molar-refractivity contribution in [1.82, 2.24) is 20.6 Å². The first-order chi connectivity index (χ1) is 23.0. The van der Waals surface area contributed by atoms with Crippen LogP contribution in [0.5, 0.6) is 5.75 Å². The average molecular weight is 651 g/mol. The van der Waals surface area contributed by atoms with Crippen molar-refractivity contribution >= 4 is 17.8 Å². The Labute approximate surface area is 283 Å². The van der Waals surface area contributed by atoms with Crippen LogP contribution in [0.15, 0.2) is 85.2 Å². The number of carboxylic acids is 1. The van der Waals surface area contributed by atoms with Gasteiger partial charge in [0, 0.05) is 35.5 Å². The molecule has 0 aliphatic heterocycles. The molecule has 252 valence electrons. The van der Waals surface area contributed by atoms with Gasteiger partial charge < -0.3 is 20.5 Å². The van der Waals surface area contributed by atoms with Crippen LogP contribution in [0.25, 0.3) is 22.5 Å². The van der Waals surface area contributed by atoms with Gasteiger partial charge in [0.05, 0.1) is 6.61 Å². The van der Waals surface area contributed by atoms with E-state index < -0.39 is 30.4 Å². The van der Waals surface area contributed by atoms with Gasteiger partial charge >= 0.3 is 5.97 Å². The van der Waals surface area contributed by atoms with Crippen LogP contribution in [0.3, 0.4) is 0 Å². The predicted octanol–water partition coefficient (Wildman–Crippen LogP) is 7.00. The Morgan fingerprint density at radius 2 is 1.42 bits per heavy atom. The Kier molecular flexibility index (Phi) is 12.8. The molecule has 9 heteroatoms. The van der Waals surface area contributed by atoms with Crippen molar-refractivity contribution in [3.63, 3.8) is 0 Å². The van der Waals surface area contributed by atoms with Crippen molar-refractivity contribution < 1.29 is 24.2 Å². The second-order valence-corrected chi connectivity index (χ2v) is 12.9. The average Bonchev–Trinajstić information content (AvgIpc) is 3.08. The third-order valence-corrected chi connectivity index (χ3v) is 8.06. The molecule has 0 aliphatic carbocycles. The number of aromatic nitrogens is 2. The van der Waals surface area contributed by atoms with Gasteiger partial charge in [0.15, 0.2) is 5.82 Å². The van der Waals surface area contributed by atoms with Crippen molar-refractivity contribution in [2.24, 2.45) is 0 Å². The molecule has 0 radical (unpaired) electrons. The molecule has 3 N–H and O–H groups in total. The summed E-state index contributed by atoms with van der Waals surface area (Å²) in [5.41, 5.74) is 4.87. The molecular weight excluding hydrogens is 604 g/mol. The lowest BCUT2D eigenvalue weighted by Gasteiger charge is -2.20. The maximum Gasteiger partial charge on any atom is 0.322 e. The van der Waals surface area contributed by atoms with Crippen molar-refractivity contribution in [1.29, 1.82) is 0 Å². The van der Waals surface area contributed by atoms with E-state index in [2.05, 4.69) is 48.3 Å². The largest absolute Gasteiger partial charge is 0.494 e. The molecule has 48 heavy (non-hydrogen) atoms. The number of nitrogens with zero attached hydrogens (tertiary/aromatic N) is 2. The number of benzene rings is 3. The molecule has 1 atom stereocenters. The molecule has 4 rings (SSSR count). The molecule has 0 saturated carbocycles. The van der Waals surface area contributed by atoms with Crippen LogP contribution in [0.2, 0.25) is 0 Å². The maximum absolute atomic E-state index is 13.1. The highest BCUT2D eigenvalue weighted by atomic mass is 16.5. The number of carbonyl (C=O) groups is 3. The van der Waals surface area contributed by atoms with E-state index in [0.29, 0.717) is 11.4 Å². The lowest BCUT2D eigenvalue weighted by atomic mass is 9.86. The minimum absolute atomic E-state index is 0.0672. The number of nitrogens with one attached hydrogen (secondary N) is 2. The minimum atomic E-state index is -1.17. The smallest absolute Gasteiger partial charge is 0.322 e. The number of aliphatic carboxylic acids is 1. The van der Waals surface area contributed by atoms with Gasteiger partial charge in [-0.15, -0.1) is 0 Å². The zero-order valence-corrected chi connectivity index (χ0v) is 28.3. The van der Waals surface area contributed by atoms with E-state index in [0.717, 1.165) is 46.6 Å². The Morgan fingerprint density at radius 3 is 2.02 bits per heavy atom. The molecule has 1 unspecified atom stereocenters. The van der Waals surface area contributed by atoms with Crippen LogP contribution in [-0.2, 0) is 21.4 Å².